The number of carbonyl (C=O) groups is 1. The number of nitrogens with one attached hydrogen (secondary N) is 1. The van der Waals surface area contributed by atoms with Crippen LogP contribution >= 0.6 is 11.3 Å². The number of ether oxygens (including phenoxy) is 2. The van der Waals surface area contributed by atoms with E-state index in [1.54, 1.807) is 47.6 Å². The van der Waals surface area contributed by atoms with E-state index >= 15 is 0 Å². The van der Waals surface area contributed by atoms with E-state index in [2.05, 4.69) is 26.8 Å². The summed E-state index contributed by atoms with van der Waals surface area (Å²) in [6.45, 7) is 2.48. The zero-order chi connectivity index (χ0) is 18.8. The molecule has 4 rings (SSSR count). The van der Waals surface area contributed by atoms with Crippen LogP contribution < -0.4 is 10.1 Å². The van der Waals surface area contributed by atoms with E-state index in [0.29, 0.717) is 29.6 Å². The van der Waals surface area contributed by atoms with Crippen LogP contribution in [0.5, 0.6) is 11.6 Å². The van der Waals surface area contributed by atoms with E-state index in [-0.39, 0.29) is 18.4 Å². The SMILES string of the molecule is Cc1nn(C)c(Oc2cccnc2)c1NC(=O)C[C@H]1OCCc2ccsc21. The van der Waals surface area contributed by atoms with Crippen LogP contribution in [0.1, 0.15) is 28.7 Å². The molecule has 27 heavy (non-hydrogen) atoms. The molecule has 0 bridgehead atoms. The first-order chi connectivity index (χ1) is 13.1. The first-order valence-electron chi connectivity index (χ1n) is 8.71. The molecule has 140 valence electrons. The topological polar surface area (TPSA) is 78.3 Å². The van der Waals surface area contributed by atoms with Crippen molar-refractivity contribution in [3.05, 3.63) is 52.1 Å². The summed E-state index contributed by atoms with van der Waals surface area (Å²) in [5.74, 6) is 0.915. The van der Waals surface area contributed by atoms with Crippen LogP contribution in [0.15, 0.2) is 36.0 Å². The second kappa shape index (κ2) is 7.50. The monoisotopic (exact) mass is 384 g/mol. The van der Waals surface area contributed by atoms with Crippen LogP contribution in [-0.4, -0.2) is 27.3 Å². The van der Waals surface area contributed by atoms with Gasteiger partial charge in [0.2, 0.25) is 11.8 Å². The van der Waals surface area contributed by atoms with Crippen molar-refractivity contribution >= 4 is 22.9 Å². The number of nitrogens with zero attached hydrogens (tertiary/aromatic N) is 3. The molecule has 0 fully saturated rings. The Kier molecular flexibility index (Phi) is 4.91. The van der Waals surface area contributed by atoms with Crippen molar-refractivity contribution in [2.45, 2.75) is 25.9 Å². The maximum atomic E-state index is 12.7. The first-order valence-corrected chi connectivity index (χ1v) is 9.59. The summed E-state index contributed by atoms with van der Waals surface area (Å²) >= 11 is 1.64. The van der Waals surface area contributed by atoms with Gasteiger partial charge in [0, 0.05) is 18.1 Å². The van der Waals surface area contributed by atoms with E-state index in [1.165, 1.54) is 5.56 Å². The van der Waals surface area contributed by atoms with Gasteiger partial charge in [0.1, 0.15) is 17.5 Å². The summed E-state index contributed by atoms with van der Waals surface area (Å²) in [4.78, 5) is 17.9. The van der Waals surface area contributed by atoms with Crippen LogP contribution in [0.3, 0.4) is 0 Å². The number of hydrogen-bond acceptors (Lipinski definition) is 6. The summed E-state index contributed by atoms with van der Waals surface area (Å²) in [5.41, 5.74) is 2.53. The minimum Gasteiger partial charge on any atom is -0.436 e. The van der Waals surface area contributed by atoms with Gasteiger partial charge in [-0.05, 0) is 42.5 Å². The zero-order valence-electron chi connectivity index (χ0n) is 15.1. The Morgan fingerprint density at radius 1 is 1.48 bits per heavy atom. The molecule has 8 heteroatoms. The molecule has 0 spiro atoms. The third-order valence-corrected chi connectivity index (χ3v) is 5.47. The van der Waals surface area contributed by atoms with Crippen LogP contribution in [0, 0.1) is 6.92 Å². The Bertz CT molecular complexity index is 951. The van der Waals surface area contributed by atoms with Gasteiger partial charge in [-0.2, -0.15) is 5.10 Å². The maximum absolute atomic E-state index is 12.7. The number of anilines is 1. The molecule has 0 unspecified atom stereocenters. The molecule has 0 aromatic carbocycles. The molecule has 0 aliphatic carbocycles. The minimum absolute atomic E-state index is 0.131. The van der Waals surface area contributed by atoms with Crippen LogP contribution in [0.2, 0.25) is 0 Å². The molecule has 3 aromatic heterocycles. The number of hydrogen-bond donors (Lipinski definition) is 1. The Morgan fingerprint density at radius 2 is 2.37 bits per heavy atom. The fourth-order valence-corrected chi connectivity index (χ4v) is 4.15. The summed E-state index contributed by atoms with van der Waals surface area (Å²) in [5, 5.41) is 9.36. The van der Waals surface area contributed by atoms with E-state index in [4.69, 9.17) is 9.47 Å². The van der Waals surface area contributed by atoms with Gasteiger partial charge in [-0.15, -0.1) is 11.3 Å². The van der Waals surface area contributed by atoms with Gasteiger partial charge in [0.15, 0.2) is 0 Å². The number of pyridine rings is 1. The average molecular weight is 384 g/mol. The highest BCUT2D eigenvalue weighted by Crippen LogP contribution is 2.35. The minimum atomic E-state index is -0.201. The molecular weight excluding hydrogens is 364 g/mol. The fourth-order valence-electron chi connectivity index (χ4n) is 3.15. The van der Waals surface area contributed by atoms with Gasteiger partial charge in [0.05, 0.1) is 24.9 Å². The van der Waals surface area contributed by atoms with E-state index in [9.17, 15) is 4.79 Å². The lowest BCUT2D eigenvalue weighted by Crippen LogP contribution is -2.21. The molecule has 0 saturated carbocycles. The van der Waals surface area contributed by atoms with E-state index < -0.39 is 0 Å². The largest absolute Gasteiger partial charge is 0.436 e. The molecular formula is C19H20N4O3S. The smallest absolute Gasteiger partial charge is 0.241 e. The molecule has 1 atom stereocenters. The molecule has 4 heterocycles. The van der Waals surface area contributed by atoms with E-state index in [0.717, 1.165) is 11.3 Å². The molecule has 1 aliphatic rings. The average Bonchev–Trinajstić information content (AvgIpc) is 3.23. The van der Waals surface area contributed by atoms with Crippen molar-refractivity contribution in [1.29, 1.82) is 0 Å². The summed E-state index contributed by atoms with van der Waals surface area (Å²) in [6, 6.07) is 5.70. The normalized spacial score (nSPS) is 16.0. The van der Waals surface area contributed by atoms with Gasteiger partial charge in [-0.25, -0.2) is 4.68 Å². The highest BCUT2D eigenvalue weighted by atomic mass is 32.1. The van der Waals surface area contributed by atoms with Crippen molar-refractivity contribution in [3.8, 4) is 11.6 Å². The van der Waals surface area contributed by atoms with Crippen molar-refractivity contribution in [3.63, 3.8) is 0 Å². The fraction of sp³-hybridized carbons (Fsp3) is 0.316. The second-order valence-electron chi connectivity index (χ2n) is 6.35. The summed E-state index contributed by atoms with van der Waals surface area (Å²) in [6.07, 6.45) is 4.25. The van der Waals surface area contributed by atoms with Crippen LogP contribution in [0.25, 0.3) is 0 Å². The van der Waals surface area contributed by atoms with E-state index in [1.807, 2.05) is 6.92 Å². The first kappa shape index (κ1) is 17.7. The van der Waals surface area contributed by atoms with Crippen molar-refractivity contribution in [2.75, 3.05) is 11.9 Å². The number of thiophene rings is 1. The number of carbonyl (C=O) groups excluding carboxylic acids is 1. The third-order valence-electron chi connectivity index (χ3n) is 4.42. The number of amides is 1. The standard InChI is InChI=1S/C19H20N4O3S/c1-12-17(19(23(2)22-12)26-14-4-3-7-20-11-14)21-16(24)10-15-18-13(5-8-25-15)6-9-27-18/h3-4,6-7,9,11,15H,5,8,10H2,1-2H3,(H,21,24)/t15-/m1/s1. The Balaban J connectivity index is 1.50. The lowest BCUT2D eigenvalue weighted by molar-refractivity contribution is -0.119. The number of aryl methyl sites for hydroxylation is 2. The Hall–Kier alpha value is -2.71. The lowest BCUT2D eigenvalue weighted by atomic mass is 10.1. The summed E-state index contributed by atoms with van der Waals surface area (Å²) in [7, 11) is 1.77. The van der Waals surface area contributed by atoms with Crippen LogP contribution in [0.4, 0.5) is 5.69 Å². The van der Waals surface area contributed by atoms with Gasteiger partial charge >= 0.3 is 0 Å². The second-order valence-corrected chi connectivity index (χ2v) is 7.30. The number of fused-ring (bicyclic) bond motifs is 1. The zero-order valence-corrected chi connectivity index (χ0v) is 16.0. The van der Waals surface area contributed by atoms with Gasteiger partial charge in [-0.1, -0.05) is 0 Å². The predicted molar refractivity (Wildman–Crippen MR) is 102 cm³/mol. The lowest BCUT2D eigenvalue weighted by Gasteiger charge is -2.22. The highest BCUT2D eigenvalue weighted by Gasteiger charge is 2.26. The predicted octanol–water partition coefficient (Wildman–Crippen LogP) is 3.62. The molecule has 0 radical (unpaired) electrons. The summed E-state index contributed by atoms with van der Waals surface area (Å²) < 4.78 is 13.3. The van der Waals surface area contributed by atoms with Gasteiger partial charge in [0.25, 0.3) is 0 Å². The Labute approximate surface area is 161 Å². The quantitative estimate of drug-likeness (QED) is 0.727. The van der Waals surface area contributed by atoms with Crippen molar-refractivity contribution < 1.29 is 14.3 Å². The number of rotatable bonds is 5. The third kappa shape index (κ3) is 3.72. The van der Waals surface area contributed by atoms with Crippen molar-refractivity contribution in [1.82, 2.24) is 14.8 Å². The molecule has 1 aliphatic heterocycles. The Morgan fingerprint density at radius 3 is 3.19 bits per heavy atom. The highest BCUT2D eigenvalue weighted by molar-refractivity contribution is 7.10. The molecule has 3 aromatic rings. The molecule has 1 N–H and O–H groups in total. The molecule has 0 saturated heterocycles. The maximum Gasteiger partial charge on any atom is 0.241 e. The van der Waals surface area contributed by atoms with Crippen LogP contribution in [-0.2, 0) is 23.0 Å². The van der Waals surface area contributed by atoms with Gasteiger partial charge in [-0.3, -0.25) is 9.78 Å². The van der Waals surface area contributed by atoms with Gasteiger partial charge < -0.3 is 14.8 Å². The number of aromatic nitrogens is 3. The molecule has 1 amide bonds. The van der Waals surface area contributed by atoms with Crippen molar-refractivity contribution in [2.24, 2.45) is 7.05 Å². The molecule has 7 nitrogen and oxygen atoms in total.